The normalized spacial score (nSPS) is 10.3. The first kappa shape index (κ1) is 19.1. The van der Waals surface area contributed by atoms with Crippen LogP contribution in [0.2, 0.25) is 0 Å². The summed E-state index contributed by atoms with van der Waals surface area (Å²) in [6.45, 7) is 0. The van der Waals surface area contributed by atoms with Crippen LogP contribution in [0.1, 0.15) is 26.3 Å². The molecule has 0 aliphatic carbocycles. The molecule has 0 bridgehead atoms. The Labute approximate surface area is 171 Å². The zero-order valence-corrected chi connectivity index (χ0v) is 16.8. The summed E-state index contributed by atoms with van der Waals surface area (Å²) < 4.78 is 11.3. The molecule has 0 unspecified atom stereocenters. The van der Waals surface area contributed by atoms with E-state index in [-0.39, 0.29) is 12.2 Å². The van der Waals surface area contributed by atoms with Gasteiger partial charge in [-0.2, -0.15) is 0 Å². The van der Waals surface area contributed by atoms with Crippen molar-refractivity contribution in [1.29, 1.82) is 0 Å². The topological polar surface area (TPSA) is 52.6 Å². The van der Waals surface area contributed by atoms with Crippen LogP contribution in [0.3, 0.4) is 0 Å². The highest BCUT2D eigenvalue weighted by Crippen LogP contribution is 2.26. The van der Waals surface area contributed by atoms with Crippen LogP contribution in [0.4, 0.5) is 0 Å². The first-order valence-corrected chi connectivity index (χ1v) is 9.38. The Morgan fingerprint density at radius 1 is 0.926 bits per heavy atom. The molecule has 5 heteroatoms. The summed E-state index contributed by atoms with van der Waals surface area (Å²) in [7, 11) is 1.33. The Hall–Kier alpha value is -2.67. The van der Waals surface area contributed by atoms with Crippen molar-refractivity contribution in [2.45, 2.75) is 6.42 Å². The molecule has 0 saturated heterocycles. The van der Waals surface area contributed by atoms with Gasteiger partial charge in [-0.3, -0.25) is 4.79 Å². The Morgan fingerprint density at radius 2 is 1.63 bits per heavy atom. The van der Waals surface area contributed by atoms with Crippen molar-refractivity contribution in [1.82, 2.24) is 0 Å². The lowest BCUT2D eigenvalue weighted by molar-refractivity contribution is 0.0599. The number of methoxy groups -OCH3 is 1. The Bertz CT molecular complexity index is 967. The number of carbonyl (C=O) groups is 2. The SMILES string of the molecule is COC(=O)c1ccc(C(=O)Cc2ccccc2Oc2ccccc2)cc1I. The molecule has 136 valence electrons. The number of benzene rings is 3. The van der Waals surface area contributed by atoms with E-state index in [1.54, 1.807) is 18.2 Å². The summed E-state index contributed by atoms with van der Waals surface area (Å²) in [5.74, 6) is 0.903. The molecule has 0 fully saturated rings. The minimum Gasteiger partial charge on any atom is -0.465 e. The van der Waals surface area contributed by atoms with E-state index >= 15 is 0 Å². The predicted octanol–water partition coefficient (Wildman–Crippen LogP) is 5.30. The molecule has 0 N–H and O–H groups in total. The van der Waals surface area contributed by atoms with Gasteiger partial charge in [-0.25, -0.2) is 4.79 Å². The maximum absolute atomic E-state index is 12.7. The molecule has 3 aromatic rings. The monoisotopic (exact) mass is 472 g/mol. The van der Waals surface area contributed by atoms with Gasteiger partial charge in [0.25, 0.3) is 0 Å². The predicted molar refractivity (Wildman–Crippen MR) is 111 cm³/mol. The number of esters is 1. The highest BCUT2D eigenvalue weighted by Gasteiger charge is 2.15. The third-order valence-corrected chi connectivity index (χ3v) is 4.88. The van der Waals surface area contributed by atoms with Crippen molar-refractivity contribution >= 4 is 34.3 Å². The fraction of sp³-hybridized carbons (Fsp3) is 0.0909. The van der Waals surface area contributed by atoms with Gasteiger partial charge < -0.3 is 9.47 Å². The van der Waals surface area contributed by atoms with Crippen LogP contribution in [0, 0.1) is 3.57 Å². The van der Waals surface area contributed by atoms with Crippen molar-refractivity contribution in [2.75, 3.05) is 7.11 Å². The lowest BCUT2D eigenvalue weighted by atomic mass is 10.0. The molecule has 0 amide bonds. The quantitative estimate of drug-likeness (QED) is 0.278. The standard InChI is InChI=1S/C22H17IO4/c1-26-22(25)18-12-11-15(13-19(18)23)20(24)14-16-7-5-6-10-21(16)27-17-8-3-2-4-9-17/h2-13H,14H2,1H3. The fourth-order valence-corrected chi connectivity index (χ4v) is 3.34. The molecule has 3 aromatic carbocycles. The third-order valence-electron chi connectivity index (χ3n) is 3.99. The van der Waals surface area contributed by atoms with E-state index in [2.05, 4.69) is 0 Å². The van der Waals surface area contributed by atoms with Crippen LogP contribution < -0.4 is 4.74 Å². The molecule has 0 saturated carbocycles. The highest BCUT2D eigenvalue weighted by molar-refractivity contribution is 14.1. The van der Waals surface area contributed by atoms with Crippen LogP contribution in [-0.4, -0.2) is 18.9 Å². The van der Waals surface area contributed by atoms with Crippen LogP contribution in [0.15, 0.2) is 72.8 Å². The number of carbonyl (C=O) groups excluding carboxylic acids is 2. The van der Waals surface area contributed by atoms with E-state index < -0.39 is 5.97 Å². The lowest BCUT2D eigenvalue weighted by Crippen LogP contribution is -2.08. The first-order chi connectivity index (χ1) is 13.1. The van der Waals surface area contributed by atoms with Crippen molar-refractivity contribution in [2.24, 2.45) is 0 Å². The number of hydrogen-bond donors (Lipinski definition) is 0. The molecule has 0 aliphatic heterocycles. The number of ketones is 1. The minimum atomic E-state index is -0.417. The van der Waals surface area contributed by atoms with Gasteiger partial charge in [-0.05, 0) is 52.9 Å². The van der Waals surface area contributed by atoms with Crippen molar-refractivity contribution in [3.63, 3.8) is 0 Å². The van der Waals surface area contributed by atoms with Gasteiger partial charge >= 0.3 is 5.97 Å². The van der Waals surface area contributed by atoms with E-state index in [0.29, 0.717) is 20.4 Å². The molecule has 4 nitrogen and oxygen atoms in total. The molecule has 0 radical (unpaired) electrons. The van der Waals surface area contributed by atoms with Crippen LogP contribution >= 0.6 is 22.6 Å². The molecule has 0 atom stereocenters. The molecule has 0 spiro atoms. The van der Waals surface area contributed by atoms with E-state index in [4.69, 9.17) is 9.47 Å². The van der Waals surface area contributed by atoms with E-state index in [1.165, 1.54) is 7.11 Å². The van der Waals surface area contributed by atoms with Gasteiger partial charge in [0.2, 0.25) is 0 Å². The lowest BCUT2D eigenvalue weighted by Gasteiger charge is -2.11. The molecule has 0 aromatic heterocycles. The van der Waals surface area contributed by atoms with Crippen molar-refractivity contribution < 1.29 is 19.1 Å². The second kappa shape index (κ2) is 8.81. The van der Waals surface area contributed by atoms with Gasteiger partial charge in [0, 0.05) is 21.1 Å². The second-order valence-electron chi connectivity index (χ2n) is 5.81. The molecule has 0 heterocycles. The summed E-state index contributed by atoms with van der Waals surface area (Å²) in [5.41, 5.74) is 1.79. The molecular formula is C22H17IO4. The summed E-state index contributed by atoms with van der Waals surface area (Å²) >= 11 is 2.03. The van der Waals surface area contributed by atoms with E-state index in [0.717, 1.165) is 11.3 Å². The number of rotatable bonds is 6. The number of para-hydroxylation sites is 2. The summed E-state index contributed by atoms with van der Waals surface area (Å²) in [6.07, 6.45) is 0.205. The first-order valence-electron chi connectivity index (χ1n) is 8.30. The largest absolute Gasteiger partial charge is 0.465 e. The van der Waals surface area contributed by atoms with Crippen LogP contribution in [-0.2, 0) is 11.2 Å². The molecule has 27 heavy (non-hydrogen) atoms. The fourth-order valence-electron chi connectivity index (χ4n) is 2.60. The number of Topliss-reactive ketones (excluding diaryl/α,β-unsaturated/α-hetero) is 1. The van der Waals surface area contributed by atoms with Crippen molar-refractivity contribution in [3.05, 3.63) is 93.1 Å². The van der Waals surface area contributed by atoms with Gasteiger partial charge in [-0.1, -0.05) is 42.5 Å². The smallest absolute Gasteiger partial charge is 0.338 e. The van der Waals surface area contributed by atoms with E-state index in [9.17, 15) is 9.59 Å². The van der Waals surface area contributed by atoms with Gasteiger partial charge in [0.15, 0.2) is 5.78 Å². The molecule has 3 rings (SSSR count). The van der Waals surface area contributed by atoms with Gasteiger partial charge in [0.1, 0.15) is 11.5 Å². The summed E-state index contributed by atoms with van der Waals surface area (Å²) in [4.78, 5) is 24.4. The molecular weight excluding hydrogens is 455 g/mol. The average Bonchev–Trinajstić information content (AvgIpc) is 2.69. The average molecular weight is 472 g/mol. The van der Waals surface area contributed by atoms with Gasteiger partial charge in [0.05, 0.1) is 12.7 Å². The highest BCUT2D eigenvalue weighted by atomic mass is 127. The second-order valence-corrected chi connectivity index (χ2v) is 6.97. The number of ether oxygens (including phenoxy) is 2. The zero-order chi connectivity index (χ0) is 19.2. The summed E-state index contributed by atoms with van der Waals surface area (Å²) in [6, 6.07) is 21.9. The summed E-state index contributed by atoms with van der Waals surface area (Å²) in [5, 5.41) is 0. The van der Waals surface area contributed by atoms with E-state index in [1.807, 2.05) is 77.2 Å². The Balaban J connectivity index is 1.80. The Kier molecular flexibility index (Phi) is 6.24. The van der Waals surface area contributed by atoms with Gasteiger partial charge in [-0.15, -0.1) is 0 Å². The van der Waals surface area contributed by atoms with Crippen LogP contribution in [0.25, 0.3) is 0 Å². The molecule has 0 aliphatic rings. The van der Waals surface area contributed by atoms with Crippen molar-refractivity contribution in [3.8, 4) is 11.5 Å². The maximum atomic E-state index is 12.7. The van der Waals surface area contributed by atoms with Crippen LogP contribution in [0.5, 0.6) is 11.5 Å². The third kappa shape index (κ3) is 4.74. The number of hydrogen-bond acceptors (Lipinski definition) is 4. The number of halogens is 1. The zero-order valence-electron chi connectivity index (χ0n) is 14.6. The Morgan fingerprint density at radius 3 is 2.33 bits per heavy atom. The minimum absolute atomic E-state index is 0.0477. The maximum Gasteiger partial charge on any atom is 0.338 e.